The molecule has 0 amide bonds. The number of benzene rings is 1. The predicted octanol–water partition coefficient (Wildman–Crippen LogP) is 3.13. The van der Waals surface area contributed by atoms with E-state index in [1.807, 2.05) is 18.2 Å². The van der Waals surface area contributed by atoms with Crippen LogP contribution in [0, 0.1) is 0 Å². The van der Waals surface area contributed by atoms with Crippen molar-refractivity contribution in [2.45, 2.75) is 6.42 Å². The molecule has 0 radical (unpaired) electrons. The van der Waals surface area contributed by atoms with E-state index in [0.29, 0.717) is 5.02 Å². The van der Waals surface area contributed by atoms with Crippen LogP contribution in [0.2, 0.25) is 5.02 Å². The molecule has 1 heterocycles. The van der Waals surface area contributed by atoms with Gasteiger partial charge in [-0.1, -0.05) is 22.9 Å². The molecule has 0 saturated carbocycles. The smallest absolute Gasteiger partial charge is 0.183 e. The molecule has 1 atom stereocenters. The molecule has 2 rings (SSSR count). The lowest BCUT2D eigenvalue weighted by Gasteiger charge is -1.99. The average molecular weight is 289 g/mol. The summed E-state index contributed by atoms with van der Waals surface area (Å²) in [6.07, 6.45) is 2.61. The lowest BCUT2D eigenvalue weighted by atomic mass is 10.3. The molecule has 2 aromatic rings. The van der Waals surface area contributed by atoms with Crippen molar-refractivity contribution in [3.05, 3.63) is 23.2 Å². The molecule has 92 valence electrons. The molecule has 17 heavy (non-hydrogen) atoms. The lowest BCUT2D eigenvalue weighted by molar-refractivity contribution is 0.685. The maximum atomic E-state index is 10.9. The topological polar surface area (TPSA) is 42.0 Å². The van der Waals surface area contributed by atoms with E-state index in [1.165, 1.54) is 0 Å². The zero-order chi connectivity index (χ0) is 12.3. The van der Waals surface area contributed by atoms with Crippen molar-refractivity contribution in [1.29, 1.82) is 0 Å². The number of aromatic nitrogens is 1. The molecule has 1 unspecified atom stereocenters. The summed E-state index contributed by atoms with van der Waals surface area (Å²) in [5.74, 6) is 0.726. The zero-order valence-corrected chi connectivity index (χ0v) is 11.8. The Kier molecular flexibility index (Phi) is 4.36. The number of rotatable bonds is 5. The molecule has 0 saturated heterocycles. The molecule has 3 nitrogen and oxygen atoms in total. The Hall–Kier alpha value is -0.650. The van der Waals surface area contributed by atoms with Crippen molar-refractivity contribution in [1.82, 2.24) is 4.98 Å². The number of fused-ring (bicyclic) bond motifs is 1. The molecule has 0 bridgehead atoms. The first kappa shape index (κ1) is 12.8. The molecule has 0 fully saturated rings. The van der Waals surface area contributed by atoms with Gasteiger partial charge in [0, 0.05) is 34.4 Å². The van der Waals surface area contributed by atoms with Crippen LogP contribution in [0.15, 0.2) is 18.2 Å². The monoisotopic (exact) mass is 288 g/mol. The van der Waals surface area contributed by atoms with E-state index in [0.717, 1.165) is 34.1 Å². The van der Waals surface area contributed by atoms with E-state index in [2.05, 4.69) is 10.3 Å². The highest BCUT2D eigenvalue weighted by atomic mass is 35.5. The molecule has 0 aliphatic heterocycles. The first-order valence-electron chi connectivity index (χ1n) is 5.25. The Morgan fingerprint density at radius 3 is 3.12 bits per heavy atom. The Morgan fingerprint density at radius 2 is 2.35 bits per heavy atom. The van der Waals surface area contributed by atoms with Crippen LogP contribution in [-0.2, 0) is 10.8 Å². The average Bonchev–Trinajstić information content (AvgIpc) is 2.66. The third-order valence-corrected chi connectivity index (χ3v) is 4.33. The number of hydrogen-bond acceptors (Lipinski definition) is 4. The summed E-state index contributed by atoms with van der Waals surface area (Å²) in [4.78, 5) is 4.44. The Balaban J connectivity index is 1.97. The summed E-state index contributed by atoms with van der Waals surface area (Å²) in [5.41, 5.74) is 0.920. The molecule has 1 aromatic heterocycles. The first-order valence-corrected chi connectivity index (χ1v) is 8.17. The molecule has 1 N–H and O–H groups in total. The summed E-state index contributed by atoms with van der Waals surface area (Å²) >= 11 is 7.51. The van der Waals surface area contributed by atoms with Gasteiger partial charge in [-0.05, 0) is 24.6 Å². The van der Waals surface area contributed by atoms with Crippen LogP contribution in [0.4, 0.5) is 5.13 Å². The van der Waals surface area contributed by atoms with E-state index >= 15 is 0 Å². The summed E-state index contributed by atoms with van der Waals surface area (Å²) in [6, 6.07) is 5.70. The van der Waals surface area contributed by atoms with Crippen LogP contribution < -0.4 is 5.32 Å². The third-order valence-electron chi connectivity index (χ3n) is 2.23. The van der Waals surface area contributed by atoms with Crippen molar-refractivity contribution in [2.24, 2.45) is 0 Å². The fraction of sp³-hybridized carbons (Fsp3) is 0.364. The second kappa shape index (κ2) is 5.80. The van der Waals surface area contributed by atoms with Crippen molar-refractivity contribution in [2.75, 3.05) is 23.9 Å². The van der Waals surface area contributed by atoms with Crippen molar-refractivity contribution in [3.8, 4) is 0 Å². The molecule has 0 spiro atoms. The number of hydrogen-bond donors (Lipinski definition) is 1. The number of nitrogens with one attached hydrogen (secondary N) is 1. The highest BCUT2D eigenvalue weighted by Crippen LogP contribution is 2.27. The molecular formula is C11H13ClN2OS2. The maximum Gasteiger partial charge on any atom is 0.183 e. The highest BCUT2D eigenvalue weighted by Gasteiger charge is 2.03. The minimum atomic E-state index is -0.716. The van der Waals surface area contributed by atoms with Crippen molar-refractivity contribution in [3.63, 3.8) is 0 Å². The first-order chi connectivity index (χ1) is 8.15. The summed E-state index contributed by atoms with van der Waals surface area (Å²) < 4.78 is 12.0. The van der Waals surface area contributed by atoms with Gasteiger partial charge in [-0.2, -0.15) is 0 Å². The van der Waals surface area contributed by atoms with Gasteiger partial charge in [0.15, 0.2) is 5.13 Å². The van der Waals surface area contributed by atoms with E-state index < -0.39 is 10.8 Å². The molecular weight excluding hydrogens is 276 g/mol. The number of anilines is 1. The fourth-order valence-electron chi connectivity index (χ4n) is 1.45. The lowest BCUT2D eigenvalue weighted by Crippen LogP contribution is -2.05. The van der Waals surface area contributed by atoms with E-state index in [1.54, 1.807) is 17.6 Å². The summed E-state index contributed by atoms with van der Waals surface area (Å²) in [6.45, 7) is 0.799. The van der Waals surface area contributed by atoms with Crippen molar-refractivity contribution >= 4 is 49.1 Å². The van der Waals surface area contributed by atoms with Gasteiger partial charge >= 0.3 is 0 Å². The van der Waals surface area contributed by atoms with Crippen LogP contribution in [0.25, 0.3) is 10.2 Å². The standard InChI is InChI=1S/C11H13ClN2OS2/c1-17(15)6-2-5-13-11-14-9-7-8(12)3-4-10(9)16-11/h3-4,7H,2,5-6H2,1H3,(H,13,14). The molecule has 0 aliphatic rings. The van der Waals surface area contributed by atoms with Gasteiger partial charge in [0.1, 0.15) is 0 Å². The van der Waals surface area contributed by atoms with Gasteiger partial charge < -0.3 is 5.32 Å². The minimum Gasteiger partial charge on any atom is -0.361 e. The van der Waals surface area contributed by atoms with Gasteiger partial charge in [0.05, 0.1) is 10.2 Å². The largest absolute Gasteiger partial charge is 0.361 e. The maximum absolute atomic E-state index is 10.9. The van der Waals surface area contributed by atoms with E-state index in [4.69, 9.17) is 11.6 Å². The predicted molar refractivity (Wildman–Crippen MR) is 76.7 cm³/mol. The van der Waals surface area contributed by atoms with Crippen LogP contribution >= 0.6 is 22.9 Å². The van der Waals surface area contributed by atoms with Crippen LogP contribution in [-0.4, -0.2) is 27.7 Å². The van der Waals surface area contributed by atoms with Gasteiger partial charge in [0.25, 0.3) is 0 Å². The van der Waals surface area contributed by atoms with Crippen LogP contribution in [0.5, 0.6) is 0 Å². The normalized spacial score (nSPS) is 12.8. The second-order valence-electron chi connectivity index (χ2n) is 3.69. The van der Waals surface area contributed by atoms with Gasteiger partial charge in [-0.25, -0.2) is 4.98 Å². The Bertz CT molecular complexity index is 541. The number of nitrogens with zero attached hydrogens (tertiary/aromatic N) is 1. The third kappa shape index (κ3) is 3.66. The van der Waals surface area contributed by atoms with Gasteiger partial charge in [-0.15, -0.1) is 0 Å². The Morgan fingerprint density at radius 1 is 1.53 bits per heavy atom. The number of thiazole rings is 1. The minimum absolute atomic E-state index is 0.704. The van der Waals surface area contributed by atoms with Crippen molar-refractivity contribution < 1.29 is 4.21 Å². The summed E-state index contributed by atoms with van der Waals surface area (Å²) in [5, 5.41) is 4.84. The van der Waals surface area contributed by atoms with Gasteiger partial charge in [0.2, 0.25) is 0 Å². The second-order valence-corrected chi connectivity index (χ2v) is 6.71. The number of halogens is 1. The van der Waals surface area contributed by atoms with Crippen LogP contribution in [0.1, 0.15) is 6.42 Å². The van der Waals surface area contributed by atoms with Gasteiger partial charge in [-0.3, -0.25) is 4.21 Å². The fourth-order valence-corrected chi connectivity index (χ4v) is 3.04. The Labute approximate surface area is 112 Å². The SMILES string of the molecule is CS(=O)CCCNc1nc2cc(Cl)ccc2s1. The summed E-state index contributed by atoms with van der Waals surface area (Å²) in [7, 11) is -0.716. The van der Waals surface area contributed by atoms with E-state index in [-0.39, 0.29) is 0 Å². The molecule has 1 aromatic carbocycles. The zero-order valence-electron chi connectivity index (χ0n) is 9.40. The van der Waals surface area contributed by atoms with E-state index in [9.17, 15) is 4.21 Å². The molecule has 0 aliphatic carbocycles. The highest BCUT2D eigenvalue weighted by molar-refractivity contribution is 7.84. The quantitative estimate of drug-likeness (QED) is 0.860. The molecule has 6 heteroatoms. The van der Waals surface area contributed by atoms with Crippen LogP contribution in [0.3, 0.4) is 0 Å².